The van der Waals surface area contributed by atoms with Gasteiger partial charge in [-0.05, 0) is 5.92 Å². The molecule has 0 amide bonds. The third kappa shape index (κ3) is 3.07. The molecule has 6 nitrogen and oxygen atoms in total. The van der Waals surface area contributed by atoms with Gasteiger partial charge in [-0.1, -0.05) is 32.9 Å². The molecule has 6 heteroatoms. The van der Waals surface area contributed by atoms with Gasteiger partial charge in [0.25, 0.3) is 0 Å². The Morgan fingerprint density at radius 3 is 2.39 bits per heavy atom. The van der Waals surface area contributed by atoms with Crippen molar-refractivity contribution in [2.45, 2.75) is 39.7 Å². The number of carbonyl (C=O) groups is 1. The number of nitrogens with zero attached hydrogens (tertiary/aromatic N) is 2. The fraction of sp³-hybridized carbons (Fsp3) is 0.750. The highest BCUT2D eigenvalue weighted by Gasteiger charge is 2.28. The van der Waals surface area contributed by atoms with Crippen molar-refractivity contribution >= 4 is 5.97 Å². The normalized spacial score (nSPS) is 16.6. The number of rotatable bonds is 6. The molecule has 0 spiro atoms. The summed E-state index contributed by atoms with van der Waals surface area (Å²) in [5, 5.41) is 12.8. The van der Waals surface area contributed by atoms with Gasteiger partial charge in [0.15, 0.2) is 0 Å². The molecule has 0 fully saturated rings. The van der Waals surface area contributed by atoms with Crippen molar-refractivity contribution in [1.82, 2.24) is 10.1 Å². The van der Waals surface area contributed by atoms with Gasteiger partial charge in [-0.15, -0.1) is 0 Å². The Balaban J connectivity index is 2.89. The van der Waals surface area contributed by atoms with Crippen molar-refractivity contribution in [2.75, 3.05) is 7.11 Å². The molecule has 1 rings (SSSR count). The molecule has 1 heterocycles. The molecule has 0 bridgehead atoms. The predicted octanol–water partition coefficient (Wildman–Crippen LogP) is 2.24. The highest BCUT2D eigenvalue weighted by molar-refractivity contribution is 5.70. The Labute approximate surface area is 106 Å². The molecule has 0 radical (unpaired) electrons. The van der Waals surface area contributed by atoms with Crippen molar-refractivity contribution in [1.29, 1.82) is 0 Å². The first-order valence-electron chi connectivity index (χ1n) is 5.97. The molecule has 0 saturated carbocycles. The first-order chi connectivity index (χ1) is 8.38. The summed E-state index contributed by atoms with van der Waals surface area (Å²) >= 11 is 0. The topological polar surface area (TPSA) is 85.5 Å². The molecule has 102 valence electrons. The van der Waals surface area contributed by atoms with Crippen molar-refractivity contribution in [3.8, 4) is 0 Å². The van der Waals surface area contributed by atoms with Gasteiger partial charge in [-0.3, -0.25) is 4.79 Å². The van der Waals surface area contributed by atoms with Crippen LogP contribution in [0.1, 0.15) is 51.4 Å². The summed E-state index contributed by atoms with van der Waals surface area (Å²) in [6.07, 6.45) is -0.241. The highest BCUT2D eigenvalue weighted by atomic mass is 16.5. The first kappa shape index (κ1) is 14.6. The quantitative estimate of drug-likeness (QED) is 0.840. The van der Waals surface area contributed by atoms with Gasteiger partial charge in [-0.2, -0.15) is 4.98 Å². The number of aromatic nitrogens is 2. The average Bonchev–Trinajstić information content (AvgIpc) is 2.76. The summed E-state index contributed by atoms with van der Waals surface area (Å²) in [5.41, 5.74) is 0. The number of hydrogen-bond acceptors (Lipinski definition) is 5. The molecular formula is C12H20N2O4. The lowest BCUT2D eigenvalue weighted by molar-refractivity contribution is -0.141. The van der Waals surface area contributed by atoms with E-state index in [1.807, 2.05) is 13.8 Å². The summed E-state index contributed by atoms with van der Waals surface area (Å²) in [6, 6.07) is 0. The van der Waals surface area contributed by atoms with Crippen LogP contribution in [0.25, 0.3) is 0 Å². The Morgan fingerprint density at radius 2 is 1.94 bits per heavy atom. The van der Waals surface area contributed by atoms with Crippen molar-refractivity contribution in [2.24, 2.45) is 11.8 Å². The van der Waals surface area contributed by atoms with Crippen molar-refractivity contribution < 1.29 is 19.2 Å². The zero-order valence-corrected chi connectivity index (χ0v) is 11.4. The van der Waals surface area contributed by atoms with Crippen molar-refractivity contribution in [3.63, 3.8) is 0 Å². The van der Waals surface area contributed by atoms with Crippen LogP contribution in [0.15, 0.2) is 4.52 Å². The second-order valence-electron chi connectivity index (χ2n) is 4.81. The predicted molar refractivity (Wildman–Crippen MR) is 64.1 cm³/mol. The molecule has 0 aliphatic rings. The lowest BCUT2D eigenvalue weighted by Gasteiger charge is -2.14. The SMILES string of the molecule is COC(c1noc(C(C)C(C)C(=O)O)n1)C(C)C. The fourth-order valence-electron chi connectivity index (χ4n) is 1.65. The summed E-state index contributed by atoms with van der Waals surface area (Å²) in [6.45, 7) is 7.36. The molecule has 0 aromatic carbocycles. The zero-order valence-electron chi connectivity index (χ0n) is 11.4. The van der Waals surface area contributed by atoms with E-state index in [1.54, 1.807) is 21.0 Å². The average molecular weight is 256 g/mol. The minimum absolute atomic E-state index is 0.215. The van der Waals surface area contributed by atoms with Crippen LogP contribution in [-0.4, -0.2) is 28.3 Å². The van der Waals surface area contributed by atoms with Gasteiger partial charge in [0.05, 0.1) is 5.92 Å². The van der Waals surface area contributed by atoms with Gasteiger partial charge in [0.2, 0.25) is 11.7 Å². The molecule has 0 aliphatic heterocycles. The summed E-state index contributed by atoms with van der Waals surface area (Å²) in [5.74, 6) is -0.761. The van der Waals surface area contributed by atoms with Gasteiger partial charge in [0, 0.05) is 13.0 Å². The number of aliphatic carboxylic acids is 1. The minimum Gasteiger partial charge on any atom is -0.481 e. The Kier molecular flexibility index (Phi) is 4.84. The van der Waals surface area contributed by atoms with Crippen molar-refractivity contribution in [3.05, 3.63) is 11.7 Å². The lowest BCUT2D eigenvalue weighted by Crippen LogP contribution is -2.17. The van der Waals surface area contributed by atoms with Crippen LogP contribution in [0.5, 0.6) is 0 Å². The standard InChI is InChI=1S/C12H20N2O4/c1-6(2)9(17-5)10-13-11(18-14-10)7(3)8(4)12(15)16/h6-9H,1-5H3,(H,15,16). The van der Waals surface area contributed by atoms with Crippen LogP contribution >= 0.6 is 0 Å². The molecule has 0 saturated heterocycles. The van der Waals surface area contributed by atoms with Crippen LogP contribution in [0, 0.1) is 11.8 Å². The Morgan fingerprint density at radius 1 is 1.33 bits per heavy atom. The van der Waals surface area contributed by atoms with E-state index in [0.29, 0.717) is 11.7 Å². The largest absolute Gasteiger partial charge is 0.481 e. The van der Waals surface area contributed by atoms with Crippen LogP contribution in [-0.2, 0) is 9.53 Å². The molecule has 1 N–H and O–H groups in total. The van der Waals surface area contributed by atoms with Crippen LogP contribution in [0.2, 0.25) is 0 Å². The highest BCUT2D eigenvalue weighted by Crippen LogP contribution is 2.27. The van der Waals surface area contributed by atoms with E-state index in [4.69, 9.17) is 14.4 Å². The smallest absolute Gasteiger partial charge is 0.307 e. The molecule has 1 aromatic heterocycles. The molecular weight excluding hydrogens is 236 g/mol. The molecule has 18 heavy (non-hydrogen) atoms. The van der Waals surface area contributed by atoms with Crippen LogP contribution < -0.4 is 0 Å². The maximum absolute atomic E-state index is 10.9. The van der Waals surface area contributed by atoms with Gasteiger partial charge >= 0.3 is 5.97 Å². The lowest BCUT2D eigenvalue weighted by atomic mass is 9.96. The summed E-state index contributed by atoms with van der Waals surface area (Å²) < 4.78 is 10.4. The number of carboxylic acid groups (broad SMARTS) is 1. The van der Waals surface area contributed by atoms with Crippen LogP contribution in [0.3, 0.4) is 0 Å². The summed E-state index contributed by atoms with van der Waals surface area (Å²) in [4.78, 5) is 15.1. The van der Waals surface area contributed by atoms with E-state index in [1.165, 1.54) is 0 Å². The van der Waals surface area contributed by atoms with E-state index in [2.05, 4.69) is 10.1 Å². The fourth-order valence-corrected chi connectivity index (χ4v) is 1.65. The number of carboxylic acids is 1. The zero-order chi connectivity index (χ0) is 13.9. The first-order valence-corrected chi connectivity index (χ1v) is 5.97. The monoisotopic (exact) mass is 256 g/mol. The number of ether oxygens (including phenoxy) is 1. The van der Waals surface area contributed by atoms with E-state index < -0.39 is 11.9 Å². The molecule has 3 unspecified atom stereocenters. The maximum Gasteiger partial charge on any atom is 0.307 e. The van der Waals surface area contributed by atoms with Gasteiger partial charge in [0.1, 0.15) is 6.10 Å². The van der Waals surface area contributed by atoms with E-state index in [-0.39, 0.29) is 17.9 Å². The van der Waals surface area contributed by atoms with E-state index in [9.17, 15) is 4.79 Å². The van der Waals surface area contributed by atoms with Gasteiger partial charge < -0.3 is 14.4 Å². The molecule has 1 aromatic rings. The van der Waals surface area contributed by atoms with Gasteiger partial charge in [-0.25, -0.2) is 0 Å². The molecule has 0 aliphatic carbocycles. The minimum atomic E-state index is -0.880. The number of methoxy groups -OCH3 is 1. The Hall–Kier alpha value is -1.43. The maximum atomic E-state index is 10.9. The van der Waals surface area contributed by atoms with Crippen LogP contribution in [0.4, 0.5) is 0 Å². The third-order valence-corrected chi connectivity index (χ3v) is 3.10. The second-order valence-corrected chi connectivity index (χ2v) is 4.81. The third-order valence-electron chi connectivity index (χ3n) is 3.10. The number of hydrogen-bond donors (Lipinski definition) is 1. The Bertz CT molecular complexity index is 403. The second kappa shape index (κ2) is 5.95. The molecule has 3 atom stereocenters. The van der Waals surface area contributed by atoms with E-state index in [0.717, 1.165) is 0 Å². The summed E-state index contributed by atoms with van der Waals surface area (Å²) in [7, 11) is 1.59. The van der Waals surface area contributed by atoms with E-state index >= 15 is 0 Å².